The lowest BCUT2D eigenvalue weighted by molar-refractivity contribution is -0.147. The number of nitrogens with zero attached hydrogens (tertiary/aromatic N) is 2. The molecule has 0 unspecified atom stereocenters. The normalized spacial score (nSPS) is 11.3. The zero-order valence-electron chi connectivity index (χ0n) is 29.7. The van der Waals surface area contributed by atoms with Gasteiger partial charge in [0.2, 0.25) is 0 Å². The predicted molar refractivity (Wildman–Crippen MR) is 192 cm³/mol. The first-order valence-corrected chi connectivity index (χ1v) is 18.4. The molecule has 0 saturated heterocycles. The van der Waals surface area contributed by atoms with E-state index in [-0.39, 0.29) is 25.2 Å². The van der Waals surface area contributed by atoms with E-state index in [4.69, 9.17) is 9.47 Å². The molecule has 0 fully saturated rings. The van der Waals surface area contributed by atoms with Crippen LogP contribution in [0.4, 0.5) is 0 Å². The molecule has 0 saturated carbocycles. The fourth-order valence-electron chi connectivity index (χ4n) is 5.83. The van der Waals surface area contributed by atoms with Crippen LogP contribution in [0.25, 0.3) is 11.1 Å². The molecule has 0 bridgehead atoms. The zero-order valence-corrected chi connectivity index (χ0v) is 29.7. The van der Waals surface area contributed by atoms with E-state index in [1.54, 1.807) is 0 Å². The standard InChI is InChI=1S/C40H64N2O4/c1-5-9-13-21-29-41(27-19-11-7-3)31-39(43)45-33-35-23-15-17-25-37(35)38-26-18-16-24-36(38)34-46-40(44)32-42(28-20-12-8-4)30-22-14-10-6-2/h15-18,23-26H,5-14,19-22,27-34H2,1-4H3. The molecule has 46 heavy (non-hydrogen) atoms. The van der Waals surface area contributed by atoms with Crippen molar-refractivity contribution in [3.63, 3.8) is 0 Å². The maximum Gasteiger partial charge on any atom is 0.320 e. The van der Waals surface area contributed by atoms with E-state index in [0.717, 1.165) is 74.1 Å². The maximum atomic E-state index is 13.0. The van der Waals surface area contributed by atoms with Crippen molar-refractivity contribution in [2.24, 2.45) is 0 Å². The number of unbranched alkanes of at least 4 members (excludes halogenated alkanes) is 10. The van der Waals surface area contributed by atoms with E-state index in [0.29, 0.717) is 13.1 Å². The van der Waals surface area contributed by atoms with Crippen LogP contribution in [-0.4, -0.2) is 61.0 Å². The van der Waals surface area contributed by atoms with Gasteiger partial charge >= 0.3 is 11.9 Å². The Morgan fingerprint density at radius 3 is 1.17 bits per heavy atom. The van der Waals surface area contributed by atoms with E-state index in [9.17, 15) is 9.59 Å². The average Bonchev–Trinajstić information content (AvgIpc) is 3.07. The quantitative estimate of drug-likeness (QED) is 0.0719. The Hall–Kier alpha value is -2.70. The first-order valence-electron chi connectivity index (χ1n) is 18.4. The lowest BCUT2D eigenvalue weighted by Gasteiger charge is -2.22. The van der Waals surface area contributed by atoms with Gasteiger partial charge in [-0.3, -0.25) is 19.4 Å². The van der Waals surface area contributed by atoms with Crippen molar-refractivity contribution in [2.75, 3.05) is 39.3 Å². The van der Waals surface area contributed by atoms with Crippen LogP contribution >= 0.6 is 0 Å². The summed E-state index contributed by atoms with van der Waals surface area (Å²) in [6.07, 6.45) is 16.4. The fraction of sp³-hybridized carbons (Fsp3) is 0.650. The number of rotatable bonds is 27. The molecule has 0 amide bonds. The zero-order chi connectivity index (χ0) is 33.2. The molecular formula is C40H64N2O4. The molecule has 0 aliphatic heterocycles. The van der Waals surface area contributed by atoms with Crippen molar-refractivity contribution >= 4 is 11.9 Å². The van der Waals surface area contributed by atoms with Gasteiger partial charge in [-0.05, 0) is 74.1 Å². The molecular weight excluding hydrogens is 572 g/mol. The van der Waals surface area contributed by atoms with Crippen LogP contribution in [0.1, 0.15) is 129 Å². The third-order valence-electron chi connectivity index (χ3n) is 8.62. The van der Waals surface area contributed by atoms with Gasteiger partial charge in [0.1, 0.15) is 13.2 Å². The smallest absolute Gasteiger partial charge is 0.320 e. The van der Waals surface area contributed by atoms with Gasteiger partial charge in [-0.1, -0.05) is 140 Å². The monoisotopic (exact) mass is 636 g/mol. The molecule has 2 aromatic carbocycles. The first kappa shape index (κ1) is 39.5. The molecule has 0 spiro atoms. The number of carbonyl (C=O) groups excluding carboxylic acids is 2. The third kappa shape index (κ3) is 16.7. The van der Waals surface area contributed by atoms with Crippen LogP contribution in [0.5, 0.6) is 0 Å². The largest absolute Gasteiger partial charge is 0.460 e. The highest BCUT2D eigenvalue weighted by atomic mass is 16.5. The molecule has 0 radical (unpaired) electrons. The van der Waals surface area contributed by atoms with Crippen LogP contribution in [0.3, 0.4) is 0 Å². The van der Waals surface area contributed by atoms with Gasteiger partial charge < -0.3 is 9.47 Å². The number of ether oxygens (including phenoxy) is 2. The maximum absolute atomic E-state index is 13.0. The second-order valence-corrected chi connectivity index (χ2v) is 12.7. The number of esters is 2. The second-order valence-electron chi connectivity index (χ2n) is 12.7. The lowest BCUT2D eigenvalue weighted by Crippen LogP contribution is -2.33. The highest BCUT2D eigenvalue weighted by Gasteiger charge is 2.16. The third-order valence-corrected chi connectivity index (χ3v) is 8.62. The Kier molecular flexibility index (Phi) is 21.8. The number of hydrogen-bond donors (Lipinski definition) is 0. The average molecular weight is 637 g/mol. The molecule has 0 aliphatic carbocycles. The van der Waals surface area contributed by atoms with Gasteiger partial charge in [0.05, 0.1) is 13.1 Å². The van der Waals surface area contributed by atoms with Crippen molar-refractivity contribution in [1.82, 2.24) is 9.80 Å². The van der Waals surface area contributed by atoms with E-state index in [1.807, 2.05) is 36.4 Å². The fourth-order valence-corrected chi connectivity index (χ4v) is 5.83. The summed E-state index contributed by atoms with van der Waals surface area (Å²) in [5.41, 5.74) is 3.89. The van der Waals surface area contributed by atoms with E-state index in [2.05, 4.69) is 49.6 Å². The summed E-state index contributed by atoms with van der Waals surface area (Å²) >= 11 is 0. The minimum atomic E-state index is -0.179. The summed E-state index contributed by atoms with van der Waals surface area (Å²) in [7, 11) is 0. The Balaban J connectivity index is 2.01. The Morgan fingerprint density at radius 2 is 0.804 bits per heavy atom. The highest BCUT2D eigenvalue weighted by Crippen LogP contribution is 2.28. The van der Waals surface area contributed by atoms with Gasteiger partial charge in [-0.15, -0.1) is 0 Å². The number of hydrogen-bond acceptors (Lipinski definition) is 6. The molecule has 6 heteroatoms. The van der Waals surface area contributed by atoms with Gasteiger partial charge in [0.15, 0.2) is 0 Å². The highest BCUT2D eigenvalue weighted by molar-refractivity contribution is 5.74. The molecule has 0 N–H and O–H groups in total. The minimum Gasteiger partial charge on any atom is -0.460 e. The summed E-state index contributed by atoms with van der Waals surface area (Å²) in [5.74, 6) is -0.357. The van der Waals surface area contributed by atoms with Crippen molar-refractivity contribution in [1.29, 1.82) is 0 Å². The van der Waals surface area contributed by atoms with Gasteiger partial charge in [0.25, 0.3) is 0 Å². The van der Waals surface area contributed by atoms with Gasteiger partial charge in [0, 0.05) is 0 Å². The molecule has 0 heterocycles. The van der Waals surface area contributed by atoms with Crippen LogP contribution in [0.2, 0.25) is 0 Å². The van der Waals surface area contributed by atoms with Crippen molar-refractivity contribution in [3.8, 4) is 11.1 Å². The summed E-state index contributed by atoms with van der Waals surface area (Å²) in [5, 5.41) is 0. The van der Waals surface area contributed by atoms with Crippen LogP contribution < -0.4 is 0 Å². The Bertz CT molecular complexity index is 1000. The van der Waals surface area contributed by atoms with E-state index in [1.165, 1.54) is 64.2 Å². The van der Waals surface area contributed by atoms with Gasteiger partial charge in [-0.25, -0.2) is 0 Å². The van der Waals surface area contributed by atoms with E-state index < -0.39 is 0 Å². The molecule has 6 nitrogen and oxygen atoms in total. The summed E-state index contributed by atoms with van der Waals surface area (Å²) < 4.78 is 11.7. The van der Waals surface area contributed by atoms with Crippen molar-refractivity contribution < 1.29 is 19.1 Å². The molecule has 0 atom stereocenters. The molecule has 0 aromatic heterocycles. The first-order chi connectivity index (χ1) is 22.5. The molecule has 2 aromatic rings. The Labute approximate surface area is 281 Å². The van der Waals surface area contributed by atoms with Crippen LogP contribution in [0.15, 0.2) is 48.5 Å². The SMILES string of the molecule is CCCCCCN(CCCCC)CC(=O)OCc1ccccc1-c1ccccc1COC(=O)CN(CCCCC)CCCCCC. The lowest BCUT2D eigenvalue weighted by atomic mass is 9.96. The minimum absolute atomic E-state index is 0.179. The van der Waals surface area contributed by atoms with E-state index >= 15 is 0 Å². The second kappa shape index (κ2) is 25.4. The predicted octanol–water partition coefficient (Wildman–Crippen LogP) is 9.59. The Morgan fingerprint density at radius 1 is 0.478 bits per heavy atom. The molecule has 0 aliphatic rings. The van der Waals surface area contributed by atoms with Crippen LogP contribution in [-0.2, 0) is 32.3 Å². The van der Waals surface area contributed by atoms with Gasteiger partial charge in [-0.2, -0.15) is 0 Å². The molecule has 258 valence electrons. The molecule has 2 rings (SSSR count). The summed E-state index contributed by atoms with van der Waals surface area (Å²) in [6.45, 7) is 13.7. The number of carbonyl (C=O) groups is 2. The van der Waals surface area contributed by atoms with Crippen molar-refractivity contribution in [3.05, 3.63) is 59.7 Å². The summed E-state index contributed by atoms with van der Waals surface area (Å²) in [6, 6.07) is 16.1. The van der Waals surface area contributed by atoms with Crippen molar-refractivity contribution in [2.45, 2.75) is 131 Å². The summed E-state index contributed by atoms with van der Waals surface area (Å²) in [4.78, 5) is 30.5. The number of benzene rings is 2. The topological polar surface area (TPSA) is 59.1 Å². The van der Waals surface area contributed by atoms with Crippen LogP contribution in [0, 0.1) is 0 Å².